The lowest BCUT2D eigenvalue weighted by atomic mass is 10.1. The Morgan fingerprint density at radius 1 is 1.33 bits per heavy atom. The van der Waals surface area contributed by atoms with Crippen LogP contribution in [-0.2, 0) is 0 Å². The molecule has 0 saturated heterocycles. The first-order valence-corrected chi connectivity index (χ1v) is 6.17. The molecule has 0 spiro atoms. The molecule has 0 atom stereocenters. The molecular formula is C12H17NOS. The molecule has 15 heavy (non-hydrogen) atoms. The maximum Gasteiger partial charge on any atom is 0.164 e. The highest BCUT2D eigenvalue weighted by atomic mass is 32.2. The summed E-state index contributed by atoms with van der Waals surface area (Å²) in [5.74, 6) is 1.27. The van der Waals surface area contributed by atoms with Gasteiger partial charge in [0.05, 0.1) is 0 Å². The molecule has 0 saturated carbocycles. The van der Waals surface area contributed by atoms with E-state index in [1.807, 2.05) is 31.3 Å². The van der Waals surface area contributed by atoms with Gasteiger partial charge in [0.1, 0.15) is 0 Å². The predicted molar refractivity (Wildman–Crippen MR) is 65.7 cm³/mol. The van der Waals surface area contributed by atoms with E-state index >= 15 is 0 Å². The largest absolute Gasteiger partial charge is 0.319 e. The molecule has 0 aromatic heterocycles. The third-order valence-electron chi connectivity index (χ3n) is 2.09. The molecule has 0 unspecified atom stereocenters. The number of thioether (sulfide) groups is 1. The number of nitrogens with one attached hydrogen (secondary N) is 1. The van der Waals surface area contributed by atoms with Gasteiger partial charge in [-0.25, -0.2) is 0 Å². The van der Waals surface area contributed by atoms with E-state index in [9.17, 15) is 4.79 Å². The Labute approximate surface area is 95.5 Å². The minimum absolute atomic E-state index is 0.206. The van der Waals surface area contributed by atoms with Crippen molar-refractivity contribution in [3.63, 3.8) is 0 Å². The second-order valence-corrected chi connectivity index (χ2v) is 4.57. The van der Waals surface area contributed by atoms with Gasteiger partial charge in [-0.15, -0.1) is 11.8 Å². The first-order chi connectivity index (χ1) is 7.27. The number of hydrogen-bond donors (Lipinski definition) is 1. The summed E-state index contributed by atoms with van der Waals surface area (Å²) < 4.78 is 0. The van der Waals surface area contributed by atoms with E-state index in [1.54, 1.807) is 11.8 Å². The lowest BCUT2D eigenvalue weighted by Gasteiger charge is -2.02. The van der Waals surface area contributed by atoms with E-state index in [0.29, 0.717) is 6.42 Å². The van der Waals surface area contributed by atoms with Gasteiger partial charge >= 0.3 is 0 Å². The van der Waals surface area contributed by atoms with E-state index in [1.165, 1.54) is 4.90 Å². The maximum absolute atomic E-state index is 11.6. The van der Waals surface area contributed by atoms with E-state index in [2.05, 4.69) is 12.2 Å². The average molecular weight is 223 g/mol. The van der Waals surface area contributed by atoms with Crippen molar-refractivity contribution in [3.8, 4) is 0 Å². The molecule has 0 aliphatic heterocycles. The number of rotatable bonds is 6. The summed E-state index contributed by atoms with van der Waals surface area (Å²) in [5, 5.41) is 2.98. The molecule has 0 bridgehead atoms. The lowest BCUT2D eigenvalue weighted by molar-refractivity contribution is 0.0983. The van der Waals surface area contributed by atoms with Crippen LogP contribution in [0.25, 0.3) is 0 Å². The summed E-state index contributed by atoms with van der Waals surface area (Å²) in [4.78, 5) is 12.9. The zero-order chi connectivity index (χ0) is 11.1. The summed E-state index contributed by atoms with van der Waals surface area (Å²) in [6.07, 6.45) is 0.566. The van der Waals surface area contributed by atoms with Crippen LogP contribution in [0.2, 0.25) is 0 Å². The zero-order valence-corrected chi connectivity index (χ0v) is 10.1. The van der Waals surface area contributed by atoms with Gasteiger partial charge in [-0.05, 0) is 24.9 Å². The van der Waals surface area contributed by atoms with E-state index < -0.39 is 0 Å². The Kier molecular flexibility index (Phi) is 5.43. The second-order valence-electron chi connectivity index (χ2n) is 3.23. The van der Waals surface area contributed by atoms with Crippen LogP contribution in [0.3, 0.4) is 0 Å². The Morgan fingerprint density at radius 2 is 2.00 bits per heavy atom. The molecule has 0 heterocycles. The predicted octanol–water partition coefficient (Wildman–Crippen LogP) is 2.59. The summed E-state index contributed by atoms with van der Waals surface area (Å²) in [6, 6.07) is 7.85. The third-order valence-corrected chi connectivity index (χ3v) is 2.98. The van der Waals surface area contributed by atoms with Gasteiger partial charge in [0.2, 0.25) is 0 Å². The van der Waals surface area contributed by atoms with Crippen molar-refractivity contribution in [3.05, 3.63) is 29.8 Å². The second kappa shape index (κ2) is 6.64. The van der Waals surface area contributed by atoms with Crippen LogP contribution in [0, 0.1) is 0 Å². The van der Waals surface area contributed by atoms with Crippen LogP contribution in [0.5, 0.6) is 0 Å². The van der Waals surface area contributed by atoms with Gasteiger partial charge in [-0.3, -0.25) is 4.79 Å². The monoisotopic (exact) mass is 223 g/mol. The van der Waals surface area contributed by atoms with Crippen LogP contribution < -0.4 is 5.32 Å². The van der Waals surface area contributed by atoms with E-state index in [-0.39, 0.29) is 5.78 Å². The number of Topliss-reactive ketones (excluding diaryl/α,β-unsaturated/α-hetero) is 1. The smallest absolute Gasteiger partial charge is 0.164 e. The van der Waals surface area contributed by atoms with Crippen molar-refractivity contribution in [2.24, 2.45) is 0 Å². The summed E-state index contributed by atoms with van der Waals surface area (Å²) in [5.41, 5.74) is 0.811. The highest BCUT2D eigenvalue weighted by Gasteiger charge is 2.04. The Morgan fingerprint density at radius 3 is 2.53 bits per heavy atom. The first-order valence-electron chi connectivity index (χ1n) is 5.18. The van der Waals surface area contributed by atoms with Gasteiger partial charge < -0.3 is 5.32 Å². The lowest BCUT2D eigenvalue weighted by Crippen LogP contribution is -2.12. The molecule has 0 fully saturated rings. The average Bonchev–Trinajstić information content (AvgIpc) is 2.27. The fraction of sp³-hybridized carbons (Fsp3) is 0.417. The molecule has 1 rings (SSSR count). The summed E-state index contributed by atoms with van der Waals surface area (Å²) >= 11 is 1.79. The molecule has 1 aromatic rings. The molecule has 82 valence electrons. The van der Waals surface area contributed by atoms with Gasteiger partial charge in [-0.1, -0.05) is 19.1 Å². The zero-order valence-electron chi connectivity index (χ0n) is 9.25. The highest BCUT2D eigenvalue weighted by molar-refractivity contribution is 7.99. The van der Waals surface area contributed by atoms with Crippen molar-refractivity contribution < 1.29 is 4.79 Å². The number of hydrogen-bond acceptors (Lipinski definition) is 3. The quantitative estimate of drug-likeness (QED) is 0.593. The fourth-order valence-electron chi connectivity index (χ4n) is 1.29. The summed E-state index contributed by atoms with van der Waals surface area (Å²) in [7, 11) is 1.86. The number of carbonyl (C=O) groups is 1. The molecule has 1 aromatic carbocycles. The molecule has 0 aliphatic rings. The minimum atomic E-state index is 0.206. The molecule has 0 radical (unpaired) electrons. The Bertz CT molecular complexity index is 308. The van der Waals surface area contributed by atoms with Crippen molar-refractivity contribution in [1.82, 2.24) is 5.32 Å². The fourth-order valence-corrected chi connectivity index (χ4v) is 1.95. The normalized spacial score (nSPS) is 10.3. The highest BCUT2D eigenvalue weighted by Crippen LogP contribution is 2.18. The topological polar surface area (TPSA) is 29.1 Å². The van der Waals surface area contributed by atoms with Crippen LogP contribution in [0.4, 0.5) is 0 Å². The van der Waals surface area contributed by atoms with E-state index in [0.717, 1.165) is 17.9 Å². The molecular weight excluding hydrogens is 206 g/mol. The van der Waals surface area contributed by atoms with Gasteiger partial charge in [0, 0.05) is 23.4 Å². The number of ketones is 1. The van der Waals surface area contributed by atoms with Crippen molar-refractivity contribution >= 4 is 17.5 Å². The Hall–Kier alpha value is -0.800. The maximum atomic E-state index is 11.6. The van der Waals surface area contributed by atoms with E-state index in [4.69, 9.17) is 0 Å². The molecule has 3 heteroatoms. The molecule has 1 N–H and O–H groups in total. The minimum Gasteiger partial charge on any atom is -0.319 e. The van der Waals surface area contributed by atoms with Gasteiger partial charge in [-0.2, -0.15) is 0 Å². The number of benzene rings is 1. The van der Waals surface area contributed by atoms with Gasteiger partial charge in [0.15, 0.2) is 5.78 Å². The Balaban J connectivity index is 2.58. The van der Waals surface area contributed by atoms with Crippen molar-refractivity contribution in [2.45, 2.75) is 18.2 Å². The van der Waals surface area contributed by atoms with Crippen molar-refractivity contribution in [1.29, 1.82) is 0 Å². The number of carbonyl (C=O) groups excluding carboxylic acids is 1. The van der Waals surface area contributed by atoms with Crippen LogP contribution in [0.1, 0.15) is 23.7 Å². The van der Waals surface area contributed by atoms with Gasteiger partial charge in [0.25, 0.3) is 0 Å². The molecule has 2 nitrogen and oxygen atoms in total. The van der Waals surface area contributed by atoms with Crippen LogP contribution >= 0.6 is 11.8 Å². The first kappa shape index (κ1) is 12.3. The van der Waals surface area contributed by atoms with Crippen molar-refractivity contribution in [2.75, 3.05) is 19.3 Å². The third kappa shape index (κ3) is 4.06. The van der Waals surface area contributed by atoms with Crippen LogP contribution in [0.15, 0.2) is 29.2 Å². The van der Waals surface area contributed by atoms with Crippen LogP contribution in [-0.4, -0.2) is 25.1 Å². The SMILES string of the molecule is CCSc1ccc(C(=O)CCNC)cc1. The summed E-state index contributed by atoms with van der Waals surface area (Å²) in [6.45, 7) is 2.86. The standard InChI is InChI=1S/C12H17NOS/c1-3-15-11-6-4-10(5-7-11)12(14)8-9-13-2/h4-7,13H,3,8-9H2,1-2H3. The molecule has 0 amide bonds. The molecule has 0 aliphatic carbocycles.